The van der Waals surface area contributed by atoms with E-state index in [1.807, 2.05) is 0 Å². The molecule has 0 unspecified atom stereocenters. The van der Waals surface area contributed by atoms with Crippen molar-refractivity contribution >= 4 is 11.9 Å². The van der Waals surface area contributed by atoms with Crippen molar-refractivity contribution in [2.75, 3.05) is 7.11 Å². The highest BCUT2D eigenvalue weighted by molar-refractivity contribution is 5.92. The van der Waals surface area contributed by atoms with Gasteiger partial charge in [-0.15, -0.1) is 0 Å². The summed E-state index contributed by atoms with van der Waals surface area (Å²) in [5.41, 5.74) is 4.38. The average Bonchev–Trinajstić information content (AvgIpc) is 2.61. The Labute approximate surface area is 143 Å². The van der Waals surface area contributed by atoms with E-state index in [0.717, 1.165) is 25.3 Å². The normalized spacial score (nSPS) is 13.1. The van der Waals surface area contributed by atoms with E-state index in [1.54, 1.807) is 24.3 Å². The molecule has 1 amide bonds. The third kappa shape index (κ3) is 4.00. The fourth-order valence-electron chi connectivity index (χ4n) is 2.48. The Balaban J connectivity index is 2.35. The molecule has 0 heterocycles. The second-order valence-corrected chi connectivity index (χ2v) is 5.66. The van der Waals surface area contributed by atoms with Gasteiger partial charge in [0.05, 0.1) is 7.11 Å². The number of benzene rings is 2. The first-order valence-corrected chi connectivity index (χ1v) is 7.45. The number of ether oxygens (including phenoxy) is 1. The Morgan fingerprint density at radius 1 is 1.20 bits per heavy atom. The monoisotopic (exact) mass is 348 g/mol. The van der Waals surface area contributed by atoms with Crippen LogP contribution in [0.5, 0.6) is 0 Å². The van der Waals surface area contributed by atoms with Crippen molar-refractivity contribution in [3.05, 3.63) is 70.8 Å². The number of primary amides is 1. The van der Waals surface area contributed by atoms with Crippen LogP contribution >= 0.6 is 0 Å². The number of nitrogens with one attached hydrogen (secondary N) is 1. The highest BCUT2D eigenvalue weighted by atomic mass is 19.1. The zero-order valence-electron chi connectivity index (χ0n) is 13.8. The van der Waals surface area contributed by atoms with Crippen molar-refractivity contribution in [1.82, 2.24) is 5.32 Å². The molecule has 25 heavy (non-hydrogen) atoms. The summed E-state index contributed by atoms with van der Waals surface area (Å²) in [7, 11) is 1.16. The van der Waals surface area contributed by atoms with Gasteiger partial charge in [0.15, 0.2) is 0 Å². The molecule has 7 heteroatoms. The molecule has 0 radical (unpaired) electrons. The Bertz CT molecular complexity index is 811. The van der Waals surface area contributed by atoms with Gasteiger partial charge in [-0.3, -0.25) is 10.1 Å². The maximum absolute atomic E-state index is 14.2. The maximum atomic E-state index is 14.2. The molecule has 0 aliphatic rings. The molecule has 3 N–H and O–H groups in total. The van der Waals surface area contributed by atoms with Crippen LogP contribution < -0.4 is 11.1 Å². The number of carbonyl (C=O) groups is 2. The maximum Gasteiger partial charge on any atom is 0.330 e. The lowest BCUT2D eigenvalue weighted by Crippen LogP contribution is -2.47. The zero-order valence-corrected chi connectivity index (χ0v) is 13.8. The van der Waals surface area contributed by atoms with Crippen molar-refractivity contribution in [3.8, 4) is 0 Å². The number of hydrogen-bond acceptors (Lipinski definition) is 4. The quantitative estimate of drug-likeness (QED) is 0.785. The van der Waals surface area contributed by atoms with Gasteiger partial charge in [-0.25, -0.2) is 13.6 Å². The minimum absolute atomic E-state index is 0.0999. The predicted molar refractivity (Wildman–Crippen MR) is 87.5 cm³/mol. The predicted octanol–water partition coefficient (Wildman–Crippen LogP) is 2.24. The van der Waals surface area contributed by atoms with Crippen LogP contribution in [0.2, 0.25) is 0 Å². The first-order valence-electron chi connectivity index (χ1n) is 7.45. The van der Waals surface area contributed by atoms with E-state index in [1.165, 1.54) is 6.92 Å². The number of halogens is 2. The molecule has 132 valence electrons. The SMILES string of the molecule is COC(=O)[C@@](C)(NCc1cccc(C(N)=O)c1)c1cc(F)ccc1F. The number of rotatable bonds is 6. The highest BCUT2D eigenvalue weighted by Crippen LogP contribution is 2.26. The van der Waals surface area contributed by atoms with Gasteiger partial charge in [-0.2, -0.15) is 0 Å². The van der Waals surface area contributed by atoms with E-state index >= 15 is 0 Å². The van der Waals surface area contributed by atoms with Gasteiger partial charge < -0.3 is 10.5 Å². The van der Waals surface area contributed by atoms with Gasteiger partial charge in [0.25, 0.3) is 0 Å². The summed E-state index contributed by atoms with van der Waals surface area (Å²) in [4.78, 5) is 23.5. The van der Waals surface area contributed by atoms with Crippen LogP contribution in [0.1, 0.15) is 28.4 Å². The van der Waals surface area contributed by atoms with Gasteiger partial charge in [0, 0.05) is 17.7 Å². The lowest BCUT2D eigenvalue weighted by atomic mass is 9.91. The molecule has 2 aromatic carbocycles. The second-order valence-electron chi connectivity index (χ2n) is 5.66. The third-order valence-electron chi connectivity index (χ3n) is 3.92. The molecule has 0 fully saturated rings. The number of carbonyl (C=O) groups excluding carboxylic acids is 2. The van der Waals surface area contributed by atoms with Crippen LogP contribution in [-0.4, -0.2) is 19.0 Å². The van der Waals surface area contributed by atoms with Crippen molar-refractivity contribution < 1.29 is 23.1 Å². The van der Waals surface area contributed by atoms with Gasteiger partial charge in [0.2, 0.25) is 5.91 Å². The average molecular weight is 348 g/mol. The largest absolute Gasteiger partial charge is 0.467 e. The summed E-state index contributed by atoms with van der Waals surface area (Å²) < 4.78 is 32.5. The first kappa shape index (κ1) is 18.5. The van der Waals surface area contributed by atoms with Crippen LogP contribution in [0.15, 0.2) is 42.5 Å². The molecule has 2 aromatic rings. The third-order valence-corrected chi connectivity index (χ3v) is 3.92. The van der Waals surface area contributed by atoms with E-state index in [9.17, 15) is 18.4 Å². The van der Waals surface area contributed by atoms with Gasteiger partial charge in [-0.1, -0.05) is 12.1 Å². The molecule has 0 saturated carbocycles. The number of hydrogen-bond donors (Lipinski definition) is 2. The minimum Gasteiger partial charge on any atom is -0.467 e. The molecule has 0 saturated heterocycles. The summed E-state index contributed by atoms with van der Waals surface area (Å²) in [6, 6.07) is 9.30. The molecule has 0 aromatic heterocycles. The number of nitrogens with two attached hydrogens (primary N) is 1. The molecule has 0 spiro atoms. The molecule has 1 atom stereocenters. The number of methoxy groups -OCH3 is 1. The van der Waals surface area contributed by atoms with Crippen LogP contribution in [-0.2, 0) is 21.6 Å². The molecule has 0 aliphatic heterocycles. The second kappa shape index (κ2) is 7.40. The standard InChI is InChI=1S/C18H18F2N2O3/c1-18(17(24)25-2,14-9-13(19)6-7-15(14)20)22-10-11-4-3-5-12(8-11)16(21)23/h3-9,22H,10H2,1-2H3,(H2,21,23)/t18-/m0/s1. The summed E-state index contributed by atoms with van der Waals surface area (Å²) in [5.74, 6) is -2.78. The Morgan fingerprint density at radius 3 is 2.56 bits per heavy atom. The summed E-state index contributed by atoms with van der Waals surface area (Å²) in [5, 5.41) is 2.88. The van der Waals surface area contributed by atoms with Crippen LogP contribution in [0.25, 0.3) is 0 Å². The Kier molecular flexibility index (Phi) is 5.48. The molecular formula is C18H18F2N2O3. The Hall–Kier alpha value is -2.80. The highest BCUT2D eigenvalue weighted by Gasteiger charge is 2.38. The first-order chi connectivity index (χ1) is 11.8. The van der Waals surface area contributed by atoms with E-state index in [-0.39, 0.29) is 12.1 Å². The molecule has 2 rings (SSSR count). The van der Waals surface area contributed by atoms with Gasteiger partial charge in [0.1, 0.15) is 17.2 Å². The van der Waals surface area contributed by atoms with Crippen molar-refractivity contribution in [3.63, 3.8) is 0 Å². The summed E-state index contributed by atoms with van der Waals surface area (Å²) in [6.07, 6.45) is 0. The van der Waals surface area contributed by atoms with Crippen LogP contribution in [0.4, 0.5) is 8.78 Å². The van der Waals surface area contributed by atoms with E-state index in [4.69, 9.17) is 10.5 Å². The van der Waals surface area contributed by atoms with Crippen molar-refractivity contribution in [1.29, 1.82) is 0 Å². The van der Waals surface area contributed by atoms with E-state index < -0.39 is 29.0 Å². The zero-order chi connectivity index (χ0) is 18.6. The van der Waals surface area contributed by atoms with Gasteiger partial charge >= 0.3 is 5.97 Å². The van der Waals surface area contributed by atoms with Crippen LogP contribution in [0.3, 0.4) is 0 Å². The van der Waals surface area contributed by atoms with Crippen LogP contribution in [0, 0.1) is 11.6 Å². The lowest BCUT2D eigenvalue weighted by Gasteiger charge is -2.29. The summed E-state index contributed by atoms with van der Waals surface area (Å²) in [6.45, 7) is 1.50. The summed E-state index contributed by atoms with van der Waals surface area (Å²) >= 11 is 0. The number of esters is 1. The Morgan fingerprint density at radius 2 is 1.92 bits per heavy atom. The fraction of sp³-hybridized carbons (Fsp3) is 0.222. The van der Waals surface area contributed by atoms with Crippen molar-refractivity contribution in [2.24, 2.45) is 5.73 Å². The molecule has 5 nitrogen and oxygen atoms in total. The van der Waals surface area contributed by atoms with E-state index in [0.29, 0.717) is 11.1 Å². The number of amides is 1. The molecule has 0 bridgehead atoms. The topological polar surface area (TPSA) is 81.4 Å². The fourth-order valence-corrected chi connectivity index (χ4v) is 2.48. The molecule has 0 aliphatic carbocycles. The van der Waals surface area contributed by atoms with Crippen molar-refractivity contribution in [2.45, 2.75) is 19.0 Å². The lowest BCUT2D eigenvalue weighted by molar-refractivity contribution is -0.148. The minimum atomic E-state index is -1.62. The van der Waals surface area contributed by atoms with Gasteiger partial charge in [-0.05, 0) is 42.8 Å². The molecular weight excluding hydrogens is 330 g/mol. The van der Waals surface area contributed by atoms with E-state index in [2.05, 4.69) is 5.32 Å². The smallest absolute Gasteiger partial charge is 0.330 e.